The fourth-order valence-electron chi connectivity index (χ4n) is 2.78. The number of benzene rings is 1. The van der Waals surface area contributed by atoms with Gasteiger partial charge >= 0.3 is 0 Å². The molecular weight excluding hydrogens is 338 g/mol. The van der Waals surface area contributed by atoms with E-state index in [4.69, 9.17) is 16.3 Å². The van der Waals surface area contributed by atoms with E-state index in [2.05, 4.69) is 15.2 Å². The second-order valence-corrected chi connectivity index (χ2v) is 6.49. The fourth-order valence-corrected chi connectivity index (χ4v) is 2.91. The van der Waals surface area contributed by atoms with E-state index in [-0.39, 0.29) is 5.91 Å². The number of hydrogen-bond acceptors (Lipinski definition) is 4. The minimum Gasteiger partial charge on any atom is -0.494 e. The van der Waals surface area contributed by atoms with Crippen molar-refractivity contribution >= 4 is 29.0 Å². The SMILES string of the molecule is O=C(CCCOc1ccc(Cl)cc1)Nc1ccc(N2CCCC2)cn1. The molecule has 1 aromatic carbocycles. The van der Waals surface area contributed by atoms with Crippen molar-refractivity contribution in [1.29, 1.82) is 0 Å². The molecule has 0 unspecified atom stereocenters. The summed E-state index contributed by atoms with van der Waals surface area (Å²) >= 11 is 5.82. The second-order valence-electron chi connectivity index (χ2n) is 6.05. The van der Waals surface area contributed by atoms with E-state index in [1.807, 2.05) is 30.5 Å². The molecule has 1 N–H and O–H groups in total. The van der Waals surface area contributed by atoms with Crippen LogP contribution in [0.4, 0.5) is 11.5 Å². The normalized spacial score (nSPS) is 13.7. The van der Waals surface area contributed by atoms with Crippen molar-refractivity contribution in [1.82, 2.24) is 4.98 Å². The number of nitrogens with zero attached hydrogens (tertiary/aromatic N) is 2. The molecule has 1 aliphatic heterocycles. The Balaban J connectivity index is 1.37. The van der Waals surface area contributed by atoms with Crippen molar-refractivity contribution in [3.8, 4) is 5.75 Å². The quantitative estimate of drug-likeness (QED) is 0.755. The van der Waals surface area contributed by atoms with Crippen LogP contribution in [0.25, 0.3) is 0 Å². The van der Waals surface area contributed by atoms with Gasteiger partial charge in [-0.2, -0.15) is 0 Å². The molecule has 1 saturated heterocycles. The number of ether oxygens (including phenoxy) is 1. The van der Waals surface area contributed by atoms with Gasteiger partial charge in [0.05, 0.1) is 18.5 Å². The Bertz CT molecular complexity index is 683. The molecule has 2 aromatic rings. The smallest absolute Gasteiger partial charge is 0.225 e. The van der Waals surface area contributed by atoms with Gasteiger partial charge in [-0.1, -0.05) is 11.6 Å². The van der Waals surface area contributed by atoms with Crippen LogP contribution in [0.2, 0.25) is 5.02 Å². The van der Waals surface area contributed by atoms with Crippen LogP contribution in [-0.2, 0) is 4.79 Å². The largest absolute Gasteiger partial charge is 0.494 e. The Kier molecular flexibility index (Phi) is 6.12. The summed E-state index contributed by atoms with van der Waals surface area (Å²) in [5, 5.41) is 3.50. The second kappa shape index (κ2) is 8.72. The van der Waals surface area contributed by atoms with Crippen molar-refractivity contribution in [2.24, 2.45) is 0 Å². The predicted molar refractivity (Wildman–Crippen MR) is 100 cm³/mol. The monoisotopic (exact) mass is 359 g/mol. The van der Waals surface area contributed by atoms with Gasteiger partial charge in [0, 0.05) is 24.5 Å². The molecule has 0 radical (unpaired) electrons. The molecule has 132 valence electrons. The van der Waals surface area contributed by atoms with Gasteiger partial charge in [-0.25, -0.2) is 4.98 Å². The summed E-state index contributed by atoms with van der Waals surface area (Å²) in [6.07, 6.45) is 5.32. The number of pyridine rings is 1. The standard InChI is InChI=1S/C19H22ClN3O2/c20-15-5-8-17(9-6-15)25-13-3-4-19(24)22-18-10-7-16(14-21-18)23-11-1-2-12-23/h5-10,14H,1-4,11-13H2,(H,21,22,24). The van der Waals surface area contributed by atoms with Crippen LogP contribution in [0, 0.1) is 0 Å². The van der Waals surface area contributed by atoms with E-state index in [0.29, 0.717) is 30.3 Å². The van der Waals surface area contributed by atoms with Gasteiger partial charge in [0.1, 0.15) is 11.6 Å². The predicted octanol–water partition coefficient (Wildman–Crippen LogP) is 4.13. The highest BCUT2D eigenvalue weighted by Crippen LogP contribution is 2.20. The zero-order valence-corrected chi connectivity index (χ0v) is 14.8. The zero-order valence-electron chi connectivity index (χ0n) is 14.1. The van der Waals surface area contributed by atoms with Crippen LogP contribution < -0.4 is 15.0 Å². The van der Waals surface area contributed by atoms with Crippen LogP contribution in [0.15, 0.2) is 42.6 Å². The molecule has 6 heteroatoms. The minimum atomic E-state index is -0.0545. The first-order valence-electron chi connectivity index (χ1n) is 8.60. The third-order valence-electron chi connectivity index (χ3n) is 4.12. The summed E-state index contributed by atoms with van der Waals surface area (Å²) in [6, 6.07) is 11.1. The van der Waals surface area contributed by atoms with E-state index in [0.717, 1.165) is 24.5 Å². The Labute approximate surface area is 153 Å². The first-order chi connectivity index (χ1) is 12.2. The molecule has 25 heavy (non-hydrogen) atoms. The highest BCUT2D eigenvalue weighted by atomic mass is 35.5. The Morgan fingerprint density at radius 3 is 2.60 bits per heavy atom. The number of anilines is 2. The lowest BCUT2D eigenvalue weighted by Gasteiger charge is -2.17. The molecule has 5 nitrogen and oxygen atoms in total. The summed E-state index contributed by atoms with van der Waals surface area (Å²) in [4.78, 5) is 18.6. The summed E-state index contributed by atoms with van der Waals surface area (Å²) in [7, 11) is 0. The maximum absolute atomic E-state index is 12.0. The van der Waals surface area contributed by atoms with Crippen molar-refractivity contribution in [2.45, 2.75) is 25.7 Å². The fraction of sp³-hybridized carbons (Fsp3) is 0.368. The number of nitrogens with one attached hydrogen (secondary N) is 1. The van der Waals surface area contributed by atoms with Crippen molar-refractivity contribution in [3.05, 3.63) is 47.6 Å². The maximum atomic E-state index is 12.0. The molecule has 1 aromatic heterocycles. The molecule has 0 saturated carbocycles. The molecule has 0 aliphatic carbocycles. The highest BCUT2D eigenvalue weighted by Gasteiger charge is 2.12. The number of amides is 1. The summed E-state index contributed by atoms with van der Waals surface area (Å²) in [5.41, 5.74) is 1.12. The number of aromatic nitrogens is 1. The molecular formula is C19H22ClN3O2. The first-order valence-corrected chi connectivity index (χ1v) is 8.98. The number of halogens is 1. The van der Waals surface area contributed by atoms with E-state index in [1.54, 1.807) is 12.1 Å². The molecule has 2 heterocycles. The third-order valence-corrected chi connectivity index (χ3v) is 4.37. The molecule has 3 rings (SSSR count). The maximum Gasteiger partial charge on any atom is 0.225 e. The lowest BCUT2D eigenvalue weighted by molar-refractivity contribution is -0.116. The summed E-state index contributed by atoms with van der Waals surface area (Å²) in [6.45, 7) is 2.65. The Morgan fingerprint density at radius 2 is 1.92 bits per heavy atom. The first kappa shape index (κ1) is 17.5. The van der Waals surface area contributed by atoms with Crippen LogP contribution in [0.1, 0.15) is 25.7 Å². The molecule has 1 aliphatic rings. The Morgan fingerprint density at radius 1 is 1.16 bits per heavy atom. The molecule has 1 amide bonds. The molecule has 0 atom stereocenters. The van der Waals surface area contributed by atoms with Crippen LogP contribution in [0.3, 0.4) is 0 Å². The Hall–Kier alpha value is -2.27. The van der Waals surface area contributed by atoms with Gasteiger partial charge in [0.25, 0.3) is 0 Å². The number of hydrogen-bond donors (Lipinski definition) is 1. The van der Waals surface area contributed by atoms with Gasteiger partial charge < -0.3 is 15.0 Å². The summed E-state index contributed by atoms with van der Waals surface area (Å²) < 4.78 is 5.57. The van der Waals surface area contributed by atoms with Gasteiger partial charge in [0.15, 0.2) is 0 Å². The highest BCUT2D eigenvalue weighted by molar-refractivity contribution is 6.30. The zero-order chi connectivity index (χ0) is 17.5. The molecule has 1 fully saturated rings. The average molecular weight is 360 g/mol. The number of carbonyl (C=O) groups excluding carboxylic acids is 1. The van der Waals surface area contributed by atoms with Crippen molar-refractivity contribution in [2.75, 3.05) is 29.9 Å². The van der Waals surface area contributed by atoms with Crippen LogP contribution in [-0.4, -0.2) is 30.6 Å². The van der Waals surface area contributed by atoms with Crippen molar-refractivity contribution < 1.29 is 9.53 Å². The lowest BCUT2D eigenvalue weighted by atomic mass is 10.3. The van der Waals surface area contributed by atoms with E-state index in [9.17, 15) is 4.79 Å². The van der Waals surface area contributed by atoms with Crippen LogP contribution >= 0.6 is 11.6 Å². The average Bonchev–Trinajstić information content (AvgIpc) is 3.15. The van der Waals surface area contributed by atoms with Crippen molar-refractivity contribution in [3.63, 3.8) is 0 Å². The summed E-state index contributed by atoms with van der Waals surface area (Å²) in [5.74, 6) is 1.29. The topological polar surface area (TPSA) is 54.5 Å². The van der Waals surface area contributed by atoms with Gasteiger partial charge in [-0.3, -0.25) is 4.79 Å². The van der Waals surface area contributed by atoms with E-state index >= 15 is 0 Å². The molecule has 0 spiro atoms. The van der Waals surface area contributed by atoms with E-state index < -0.39 is 0 Å². The van der Waals surface area contributed by atoms with Gasteiger partial charge in [-0.15, -0.1) is 0 Å². The molecule has 0 bridgehead atoms. The van der Waals surface area contributed by atoms with E-state index in [1.165, 1.54) is 12.8 Å². The van der Waals surface area contributed by atoms with Crippen LogP contribution in [0.5, 0.6) is 5.75 Å². The number of carbonyl (C=O) groups is 1. The minimum absolute atomic E-state index is 0.0545. The third kappa shape index (κ3) is 5.36. The lowest BCUT2D eigenvalue weighted by Crippen LogP contribution is -2.18. The van der Waals surface area contributed by atoms with Gasteiger partial charge in [0.2, 0.25) is 5.91 Å². The number of rotatable bonds is 7. The van der Waals surface area contributed by atoms with Gasteiger partial charge in [-0.05, 0) is 55.7 Å².